The van der Waals surface area contributed by atoms with Crippen molar-refractivity contribution in [2.75, 3.05) is 19.6 Å². The highest BCUT2D eigenvalue weighted by molar-refractivity contribution is 7.89. The van der Waals surface area contributed by atoms with E-state index < -0.39 is 10.0 Å². The monoisotopic (exact) mass is 439 g/mol. The first-order valence-corrected chi connectivity index (χ1v) is 12.3. The van der Waals surface area contributed by atoms with Crippen molar-refractivity contribution in [3.8, 4) is 0 Å². The summed E-state index contributed by atoms with van der Waals surface area (Å²) in [4.78, 5) is 12.9. The van der Waals surface area contributed by atoms with Gasteiger partial charge >= 0.3 is 0 Å². The number of fused-ring (bicyclic) bond motifs is 1. The van der Waals surface area contributed by atoms with Crippen molar-refractivity contribution >= 4 is 26.8 Å². The molecular formula is C24H29N3O3S. The molecule has 6 nitrogen and oxygen atoms in total. The number of aryl methyl sites for hydroxylation is 2. The van der Waals surface area contributed by atoms with E-state index in [2.05, 4.69) is 17.4 Å². The molecule has 164 valence electrons. The topological polar surface area (TPSA) is 71.4 Å². The highest BCUT2D eigenvalue weighted by atomic mass is 32.2. The van der Waals surface area contributed by atoms with Gasteiger partial charge in [0.05, 0.1) is 10.8 Å². The van der Waals surface area contributed by atoms with Gasteiger partial charge in [-0.2, -0.15) is 4.31 Å². The minimum absolute atomic E-state index is 0.0496. The zero-order chi connectivity index (χ0) is 21.8. The molecule has 3 aromatic rings. The second-order valence-electron chi connectivity index (χ2n) is 8.23. The molecule has 0 spiro atoms. The highest BCUT2D eigenvalue weighted by Crippen LogP contribution is 2.26. The van der Waals surface area contributed by atoms with E-state index in [0.717, 1.165) is 23.7 Å². The van der Waals surface area contributed by atoms with Gasteiger partial charge in [0, 0.05) is 43.8 Å². The van der Waals surface area contributed by atoms with Gasteiger partial charge in [-0.3, -0.25) is 4.79 Å². The number of carbonyl (C=O) groups excluding carboxylic acids is 1. The molecule has 1 aliphatic heterocycles. The molecule has 0 radical (unpaired) electrons. The van der Waals surface area contributed by atoms with Crippen LogP contribution in [-0.4, -0.2) is 42.8 Å². The lowest BCUT2D eigenvalue weighted by molar-refractivity contribution is -0.126. The maximum atomic E-state index is 13.2. The first-order chi connectivity index (χ1) is 14.9. The average molecular weight is 440 g/mol. The Hall–Kier alpha value is -2.64. The summed E-state index contributed by atoms with van der Waals surface area (Å²) in [5, 5.41) is 3.89. The predicted octanol–water partition coefficient (Wildman–Crippen LogP) is 3.33. The molecule has 2 aromatic carbocycles. The van der Waals surface area contributed by atoms with Gasteiger partial charge in [0.15, 0.2) is 0 Å². The van der Waals surface area contributed by atoms with Crippen molar-refractivity contribution in [1.82, 2.24) is 14.2 Å². The first-order valence-electron chi connectivity index (χ1n) is 10.8. The number of amides is 1. The largest absolute Gasteiger partial charge is 0.356 e. The van der Waals surface area contributed by atoms with E-state index in [0.29, 0.717) is 25.9 Å². The lowest BCUT2D eigenvalue weighted by Gasteiger charge is -2.31. The summed E-state index contributed by atoms with van der Waals surface area (Å²) in [7, 11) is -1.69. The standard InChI is InChI=1S/C24H29N3O3S/c1-26-16-13-20-17-22(11-12-23(20)26)31(29,30)27-15-6-10-21(18-27)24(28)25-14-5-9-19-7-3-2-4-8-19/h2-4,7-8,11-13,16-17,21H,5-6,9-10,14-15,18H2,1H3,(H,25,28)/t21-/m1/s1. The summed E-state index contributed by atoms with van der Waals surface area (Å²) in [6.45, 7) is 1.29. The molecule has 1 saturated heterocycles. The highest BCUT2D eigenvalue weighted by Gasteiger charge is 2.33. The Morgan fingerprint density at radius 1 is 1.13 bits per heavy atom. The van der Waals surface area contributed by atoms with Gasteiger partial charge in [-0.15, -0.1) is 0 Å². The number of benzene rings is 2. The molecule has 31 heavy (non-hydrogen) atoms. The molecule has 0 unspecified atom stereocenters. The maximum absolute atomic E-state index is 13.2. The van der Waals surface area contributed by atoms with Crippen LogP contribution in [0.15, 0.2) is 65.7 Å². The van der Waals surface area contributed by atoms with E-state index in [1.165, 1.54) is 9.87 Å². The molecule has 1 fully saturated rings. The maximum Gasteiger partial charge on any atom is 0.243 e. The van der Waals surface area contributed by atoms with Crippen molar-refractivity contribution < 1.29 is 13.2 Å². The second kappa shape index (κ2) is 9.24. The van der Waals surface area contributed by atoms with E-state index in [4.69, 9.17) is 0 Å². The van der Waals surface area contributed by atoms with Crippen LogP contribution >= 0.6 is 0 Å². The smallest absolute Gasteiger partial charge is 0.243 e. The minimum Gasteiger partial charge on any atom is -0.356 e. The zero-order valence-electron chi connectivity index (χ0n) is 17.8. The number of carbonyl (C=O) groups is 1. The number of aromatic nitrogens is 1. The van der Waals surface area contributed by atoms with Crippen molar-refractivity contribution in [2.24, 2.45) is 13.0 Å². The van der Waals surface area contributed by atoms with E-state index in [1.54, 1.807) is 12.1 Å². The summed E-state index contributed by atoms with van der Waals surface area (Å²) >= 11 is 0. The van der Waals surface area contributed by atoms with Crippen LogP contribution in [-0.2, 0) is 28.3 Å². The van der Waals surface area contributed by atoms with Gasteiger partial charge in [0.2, 0.25) is 15.9 Å². The van der Waals surface area contributed by atoms with Crippen LogP contribution < -0.4 is 5.32 Å². The molecule has 2 heterocycles. The lowest BCUT2D eigenvalue weighted by Crippen LogP contribution is -2.45. The van der Waals surface area contributed by atoms with Crippen molar-refractivity contribution in [1.29, 1.82) is 0 Å². The molecule has 1 amide bonds. The Bertz CT molecular complexity index is 1160. The molecule has 4 rings (SSSR count). The lowest BCUT2D eigenvalue weighted by atomic mass is 9.99. The van der Waals surface area contributed by atoms with Gasteiger partial charge in [0.25, 0.3) is 0 Å². The fourth-order valence-corrected chi connectivity index (χ4v) is 5.80. The number of hydrogen-bond donors (Lipinski definition) is 1. The van der Waals surface area contributed by atoms with Crippen LogP contribution in [0.4, 0.5) is 0 Å². The van der Waals surface area contributed by atoms with Gasteiger partial charge in [0.1, 0.15) is 0 Å². The van der Waals surface area contributed by atoms with Crippen LogP contribution in [0.2, 0.25) is 0 Å². The van der Waals surface area contributed by atoms with E-state index in [1.807, 2.05) is 48.1 Å². The summed E-state index contributed by atoms with van der Waals surface area (Å²) in [5.41, 5.74) is 2.24. The quantitative estimate of drug-likeness (QED) is 0.574. The Morgan fingerprint density at radius 3 is 2.74 bits per heavy atom. The molecule has 0 saturated carbocycles. The number of hydrogen-bond acceptors (Lipinski definition) is 3. The van der Waals surface area contributed by atoms with E-state index >= 15 is 0 Å². The fraction of sp³-hybridized carbons (Fsp3) is 0.375. The molecule has 1 N–H and O–H groups in total. The van der Waals surface area contributed by atoms with Gasteiger partial charge in [-0.1, -0.05) is 30.3 Å². The summed E-state index contributed by atoms with van der Waals surface area (Å²) in [5.74, 6) is -0.354. The minimum atomic E-state index is -3.63. The Kier molecular flexibility index (Phi) is 6.43. The number of nitrogens with zero attached hydrogens (tertiary/aromatic N) is 2. The SMILES string of the molecule is Cn1ccc2cc(S(=O)(=O)N3CCC[C@@H](C(=O)NCCCc4ccccc4)C3)ccc21. The Morgan fingerprint density at radius 2 is 1.94 bits per heavy atom. The molecule has 0 bridgehead atoms. The molecule has 1 aliphatic rings. The molecule has 7 heteroatoms. The predicted molar refractivity (Wildman–Crippen MR) is 122 cm³/mol. The molecule has 0 aliphatic carbocycles. The van der Waals surface area contributed by atoms with Crippen molar-refractivity contribution in [2.45, 2.75) is 30.6 Å². The van der Waals surface area contributed by atoms with Crippen LogP contribution in [0, 0.1) is 5.92 Å². The summed E-state index contributed by atoms with van der Waals surface area (Å²) in [6.07, 6.45) is 5.10. The van der Waals surface area contributed by atoms with Crippen molar-refractivity contribution in [3.05, 3.63) is 66.4 Å². The Labute approximate surface area is 183 Å². The Balaban J connectivity index is 1.35. The molecule has 1 atom stereocenters. The zero-order valence-corrected chi connectivity index (χ0v) is 18.6. The summed E-state index contributed by atoms with van der Waals surface area (Å²) in [6, 6.07) is 17.3. The van der Waals surface area contributed by atoms with Gasteiger partial charge in [-0.25, -0.2) is 8.42 Å². The average Bonchev–Trinajstić information content (AvgIpc) is 3.17. The van der Waals surface area contributed by atoms with Crippen molar-refractivity contribution in [3.63, 3.8) is 0 Å². The van der Waals surface area contributed by atoms with Crippen LogP contribution in [0.25, 0.3) is 10.9 Å². The van der Waals surface area contributed by atoms with Gasteiger partial charge < -0.3 is 9.88 Å². The van der Waals surface area contributed by atoms with Crippen LogP contribution in [0.5, 0.6) is 0 Å². The normalized spacial score (nSPS) is 17.6. The number of piperidine rings is 1. The third-order valence-corrected chi connectivity index (χ3v) is 7.89. The van der Waals surface area contributed by atoms with Gasteiger partial charge in [-0.05, 0) is 55.5 Å². The number of nitrogens with one attached hydrogen (secondary N) is 1. The van der Waals surface area contributed by atoms with E-state index in [-0.39, 0.29) is 23.3 Å². The fourth-order valence-electron chi connectivity index (χ4n) is 4.24. The number of sulfonamides is 1. The van der Waals surface area contributed by atoms with E-state index in [9.17, 15) is 13.2 Å². The third-order valence-electron chi connectivity index (χ3n) is 6.03. The number of rotatable bonds is 7. The molecule has 1 aromatic heterocycles. The first kappa shape index (κ1) is 21.6. The third kappa shape index (κ3) is 4.83. The summed E-state index contributed by atoms with van der Waals surface area (Å²) < 4.78 is 29.9. The molecular weight excluding hydrogens is 410 g/mol. The van der Waals surface area contributed by atoms with Crippen LogP contribution in [0.3, 0.4) is 0 Å². The van der Waals surface area contributed by atoms with Crippen LogP contribution in [0.1, 0.15) is 24.8 Å². The second-order valence-corrected chi connectivity index (χ2v) is 10.2.